The number of esters is 1. The van der Waals surface area contributed by atoms with Crippen LogP contribution in [0.1, 0.15) is 24.0 Å². The van der Waals surface area contributed by atoms with Crippen LogP contribution in [-0.2, 0) is 32.0 Å². The Kier molecular flexibility index (Phi) is 16.0. The van der Waals surface area contributed by atoms with Crippen molar-refractivity contribution in [1.29, 1.82) is 0 Å². The summed E-state index contributed by atoms with van der Waals surface area (Å²) in [5.74, 6) is -2.05. The van der Waals surface area contributed by atoms with Gasteiger partial charge in [-0.15, -0.1) is 12.4 Å². The van der Waals surface area contributed by atoms with E-state index in [1.807, 2.05) is 60.7 Å². The number of nitrogens with one attached hydrogen (secondary N) is 1. The van der Waals surface area contributed by atoms with Crippen molar-refractivity contribution < 1.29 is 29.3 Å². The number of benzene rings is 2. The molecule has 1 saturated heterocycles. The fourth-order valence-electron chi connectivity index (χ4n) is 2.95. The molecule has 34 heavy (non-hydrogen) atoms. The molecular weight excluding hydrogens is 462 g/mol. The number of methoxy groups -OCH3 is 1. The van der Waals surface area contributed by atoms with E-state index in [1.54, 1.807) is 0 Å². The number of carbonyl (C=O) groups excluding carboxylic acids is 1. The molecule has 2 aromatic rings. The van der Waals surface area contributed by atoms with Crippen LogP contribution in [0.3, 0.4) is 0 Å². The van der Waals surface area contributed by atoms with E-state index < -0.39 is 24.0 Å². The highest BCUT2D eigenvalue weighted by Gasteiger charge is 2.20. The zero-order valence-corrected chi connectivity index (χ0v) is 19.9. The van der Waals surface area contributed by atoms with Crippen LogP contribution in [0.25, 0.3) is 0 Å². The molecule has 3 atom stereocenters. The first-order chi connectivity index (χ1) is 15.7. The minimum atomic E-state index is -0.959. The molecule has 7 N–H and O–H groups in total. The van der Waals surface area contributed by atoms with E-state index in [-0.39, 0.29) is 24.4 Å². The molecule has 1 aliphatic rings. The smallest absolute Gasteiger partial charge is 0.322 e. The van der Waals surface area contributed by atoms with E-state index >= 15 is 0 Å². The maximum Gasteiger partial charge on any atom is 0.322 e. The van der Waals surface area contributed by atoms with Crippen molar-refractivity contribution in [1.82, 2.24) is 5.32 Å². The molecule has 9 nitrogen and oxygen atoms in total. The topological polar surface area (TPSA) is 165 Å². The number of hydrogen-bond acceptors (Lipinski definition) is 7. The molecule has 3 rings (SSSR count). The molecule has 0 aliphatic carbocycles. The lowest BCUT2D eigenvalue weighted by atomic mass is 10.1. The summed E-state index contributed by atoms with van der Waals surface area (Å²) in [5, 5.41) is 19.7. The predicted molar refractivity (Wildman–Crippen MR) is 132 cm³/mol. The normalized spacial score (nSPS) is 15.7. The average Bonchev–Trinajstić information content (AvgIpc) is 3.36. The number of aliphatic carboxylic acids is 2. The lowest BCUT2D eigenvalue weighted by Gasteiger charge is -2.08. The van der Waals surface area contributed by atoms with Crippen molar-refractivity contribution in [3.05, 3.63) is 71.8 Å². The summed E-state index contributed by atoms with van der Waals surface area (Å²) in [4.78, 5) is 31.5. The van der Waals surface area contributed by atoms with Gasteiger partial charge in [0.2, 0.25) is 0 Å². The van der Waals surface area contributed by atoms with Gasteiger partial charge in [-0.05, 0) is 43.4 Å². The van der Waals surface area contributed by atoms with Gasteiger partial charge in [0.15, 0.2) is 0 Å². The van der Waals surface area contributed by atoms with Crippen molar-refractivity contribution >= 4 is 30.3 Å². The summed E-state index contributed by atoms with van der Waals surface area (Å²) in [6.07, 6.45) is 2.69. The minimum Gasteiger partial charge on any atom is -0.480 e. The fraction of sp³-hybridized carbons (Fsp3) is 0.375. The van der Waals surface area contributed by atoms with Crippen LogP contribution >= 0.6 is 12.4 Å². The molecule has 0 saturated carbocycles. The van der Waals surface area contributed by atoms with Crippen molar-refractivity contribution in [2.45, 2.75) is 43.8 Å². The van der Waals surface area contributed by atoms with Gasteiger partial charge in [-0.1, -0.05) is 60.7 Å². The Bertz CT molecular complexity index is 848. The maximum absolute atomic E-state index is 11.0. The number of rotatable bonds is 7. The third kappa shape index (κ3) is 12.9. The SMILES string of the molecule is COC(=O)[C@@H](N)Cc1ccccc1.Cl.N[C@@H](Cc1ccccc1)C(=O)O.O=C(O)[C@@H]1CCCN1. The summed E-state index contributed by atoms with van der Waals surface area (Å²) < 4.78 is 4.52. The van der Waals surface area contributed by atoms with Gasteiger partial charge >= 0.3 is 17.9 Å². The Morgan fingerprint density at radius 2 is 1.41 bits per heavy atom. The Hall–Kier alpha value is -2.98. The van der Waals surface area contributed by atoms with Crippen molar-refractivity contribution in [3.8, 4) is 0 Å². The van der Waals surface area contributed by atoms with Crippen molar-refractivity contribution in [3.63, 3.8) is 0 Å². The number of nitrogens with two attached hydrogens (primary N) is 2. The van der Waals surface area contributed by atoms with Crippen LogP contribution in [-0.4, -0.2) is 59.9 Å². The van der Waals surface area contributed by atoms with Gasteiger partial charge in [0.25, 0.3) is 0 Å². The molecule has 0 bridgehead atoms. The highest BCUT2D eigenvalue weighted by molar-refractivity contribution is 5.85. The zero-order valence-electron chi connectivity index (χ0n) is 19.1. The summed E-state index contributed by atoms with van der Waals surface area (Å²) in [5.41, 5.74) is 12.9. The third-order valence-electron chi connectivity index (χ3n) is 4.78. The van der Waals surface area contributed by atoms with Gasteiger partial charge in [0, 0.05) is 0 Å². The van der Waals surface area contributed by atoms with Crippen LogP contribution in [0, 0.1) is 0 Å². The molecule has 188 valence electrons. The molecule has 0 aromatic heterocycles. The number of hydrogen-bond donors (Lipinski definition) is 5. The van der Waals surface area contributed by atoms with E-state index in [2.05, 4.69) is 10.1 Å². The van der Waals surface area contributed by atoms with Crippen LogP contribution in [0.2, 0.25) is 0 Å². The Morgan fingerprint density at radius 3 is 1.74 bits per heavy atom. The van der Waals surface area contributed by atoms with Gasteiger partial charge in [0.05, 0.1) is 7.11 Å². The number of halogens is 1. The first-order valence-corrected chi connectivity index (χ1v) is 10.6. The largest absolute Gasteiger partial charge is 0.480 e. The Labute approximate surface area is 205 Å². The lowest BCUT2D eigenvalue weighted by molar-refractivity contribution is -0.142. The van der Waals surface area contributed by atoms with Crippen LogP contribution in [0.5, 0.6) is 0 Å². The monoisotopic (exact) mass is 495 g/mol. The number of carbonyl (C=O) groups is 3. The first kappa shape index (κ1) is 31.0. The highest BCUT2D eigenvalue weighted by Crippen LogP contribution is 2.04. The van der Waals surface area contributed by atoms with Gasteiger partial charge in [-0.2, -0.15) is 0 Å². The summed E-state index contributed by atoms with van der Waals surface area (Å²) in [6.45, 7) is 0.858. The van der Waals surface area contributed by atoms with E-state index in [9.17, 15) is 14.4 Å². The molecule has 0 amide bonds. The number of carboxylic acid groups (broad SMARTS) is 2. The molecule has 1 fully saturated rings. The van der Waals surface area contributed by atoms with E-state index in [0.29, 0.717) is 12.8 Å². The molecule has 2 aromatic carbocycles. The molecule has 1 aliphatic heterocycles. The van der Waals surface area contributed by atoms with Crippen molar-refractivity contribution in [2.75, 3.05) is 13.7 Å². The molecule has 0 unspecified atom stereocenters. The maximum atomic E-state index is 11.0. The first-order valence-electron chi connectivity index (χ1n) is 10.6. The second kappa shape index (κ2) is 17.5. The van der Waals surface area contributed by atoms with Gasteiger partial charge < -0.3 is 31.7 Å². The predicted octanol–water partition coefficient (Wildman–Crippen LogP) is 1.62. The Balaban J connectivity index is 0.000000486. The molecule has 1 heterocycles. The van der Waals surface area contributed by atoms with Crippen LogP contribution < -0.4 is 16.8 Å². The fourth-order valence-corrected chi connectivity index (χ4v) is 2.95. The second-order valence-electron chi connectivity index (χ2n) is 7.44. The van der Waals surface area contributed by atoms with Gasteiger partial charge in [0.1, 0.15) is 18.1 Å². The summed E-state index contributed by atoms with van der Waals surface area (Å²) >= 11 is 0. The third-order valence-corrected chi connectivity index (χ3v) is 4.78. The molecule has 0 radical (unpaired) electrons. The standard InChI is InChI=1S/C10H13NO2.C9H11NO2.C5H9NO2.ClH/c1-13-10(12)9(11)7-8-5-3-2-4-6-8;10-8(9(11)12)6-7-4-2-1-3-5-7;7-5(8)4-2-1-3-6-4;/h2-6,9H,7,11H2,1H3;1-5,8H,6,10H2,(H,11,12);4,6H,1-3H2,(H,7,8);1H/t9-;8-;4-;/m000./s1. The zero-order chi connectivity index (χ0) is 24.6. The second-order valence-corrected chi connectivity index (χ2v) is 7.44. The Morgan fingerprint density at radius 1 is 0.941 bits per heavy atom. The average molecular weight is 496 g/mol. The number of ether oxygens (including phenoxy) is 1. The van der Waals surface area contributed by atoms with E-state index in [1.165, 1.54) is 7.11 Å². The van der Waals surface area contributed by atoms with Crippen LogP contribution in [0.4, 0.5) is 0 Å². The minimum absolute atomic E-state index is 0. The summed E-state index contributed by atoms with van der Waals surface area (Å²) in [6, 6.07) is 17.3. The van der Waals surface area contributed by atoms with Gasteiger partial charge in [-0.25, -0.2) is 0 Å². The lowest BCUT2D eigenvalue weighted by Crippen LogP contribution is -2.33. The highest BCUT2D eigenvalue weighted by atomic mass is 35.5. The van der Waals surface area contributed by atoms with Crippen molar-refractivity contribution in [2.24, 2.45) is 11.5 Å². The quantitative estimate of drug-likeness (QED) is 0.359. The van der Waals surface area contributed by atoms with Gasteiger partial charge in [-0.3, -0.25) is 14.4 Å². The number of carboxylic acids is 2. The van der Waals surface area contributed by atoms with E-state index in [0.717, 1.165) is 30.5 Å². The molecule has 0 spiro atoms. The molecule has 10 heteroatoms. The summed E-state index contributed by atoms with van der Waals surface area (Å²) in [7, 11) is 1.34. The van der Waals surface area contributed by atoms with Crippen LogP contribution in [0.15, 0.2) is 60.7 Å². The molecular formula is C24H34ClN3O6. The van der Waals surface area contributed by atoms with E-state index in [4.69, 9.17) is 21.7 Å².